The molecule has 1 aromatic rings. The predicted molar refractivity (Wildman–Crippen MR) is 101 cm³/mol. The average Bonchev–Trinajstić information content (AvgIpc) is 3.13. The third-order valence-electron chi connectivity index (χ3n) is 4.12. The Hall–Kier alpha value is -1.88. The summed E-state index contributed by atoms with van der Waals surface area (Å²) >= 11 is 0.974. The van der Waals surface area contributed by atoms with Crippen LogP contribution in [0.1, 0.15) is 30.0 Å². The highest BCUT2D eigenvalue weighted by atomic mass is 32.1. The molecule has 28 heavy (non-hydrogen) atoms. The monoisotopic (exact) mass is 421 g/mol. The molecule has 1 aromatic heterocycles. The molecule has 1 aliphatic rings. The summed E-state index contributed by atoms with van der Waals surface area (Å²) in [6.45, 7) is 1.61. The molecule has 1 aliphatic heterocycles. The van der Waals surface area contributed by atoms with Gasteiger partial charge in [-0.2, -0.15) is 13.2 Å². The van der Waals surface area contributed by atoms with E-state index in [2.05, 4.69) is 20.6 Å². The molecule has 2 N–H and O–H groups in total. The van der Waals surface area contributed by atoms with Gasteiger partial charge in [0.05, 0.1) is 11.1 Å². The summed E-state index contributed by atoms with van der Waals surface area (Å²) in [4.78, 5) is 21.1. The molecule has 2 heterocycles. The number of alkyl halides is 3. The second kappa shape index (κ2) is 10.6. The van der Waals surface area contributed by atoms with Crippen molar-refractivity contribution < 1.29 is 22.7 Å². The van der Waals surface area contributed by atoms with E-state index in [1.807, 2.05) is 0 Å². The number of carbonyl (C=O) groups is 1. The molecule has 7 nitrogen and oxygen atoms in total. The van der Waals surface area contributed by atoms with Gasteiger partial charge in [-0.05, 0) is 19.3 Å². The molecule has 1 amide bonds. The lowest BCUT2D eigenvalue weighted by atomic mass is 10.1. The standard InChI is InChI=1S/C17H26F3N5O2S/c1-25(2)15(26)10-23-16(22-9-12-5-3-4-8-27-12)21-7-6-14-24-13(11-28-14)17(18,19)20/h11-12H,3-10H2,1-2H3,(H2,21,22,23). The van der Waals surface area contributed by atoms with Gasteiger partial charge < -0.3 is 20.3 Å². The summed E-state index contributed by atoms with van der Waals surface area (Å²) in [5.74, 6) is 0.279. The second-order valence-electron chi connectivity index (χ2n) is 6.62. The van der Waals surface area contributed by atoms with Crippen LogP contribution in [0.25, 0.3) is 0 Å². The SMILES string of the molecule is CN(C)C(=O)CN=C(NCCc1nc(C(F)(F)F)cs1)NCC1CCCCO1. The molecule has 1 atom stereocenters. The number of aromatic nitrogens is 1. The van der Waals surface area contributed by atoms with Crippen LogP contribution in [0.15, 0.2) is 10.4 Å². The Morgan fingerprint density at radius 2 is 2.18 bits per heavy atom. The summed E-state index contributed by atoms with van der Waals surface area (Å²) in [5.41, 5.74) is -0.870. The zero-order valence-corrected chi connectivity index (χ0v) is 16.8. The number of hydrogen-bond acceptors (Lipinski definition) is 5. The highest BCUT2D eigenvalue weighted by molar-refractivity contribution is 7.09. The first-order valence-corrected chi connectivity index (χ1v) is 9.99. The number of likely N-dealkylation sites (N-methyl/N-ethyl adjacent to an activating group) is 1. The molecule has 1 saturated heterocycles. The molecule has 1 fully saturated rings. The normalized spacial score (nSPS) is 18.0. The van der Waals surface area contributed by atoms with Gasteiger partial charge in [-0.25, -0.2) is 9.98 Å². The van der Waals surface area contributed by atoms with E-state index in [-0.39, 0.29) is 18.6 Å². The number of carbonyl (C=O) groups excluding carboxylic acids is 1. The number of aliphatic imine (C=N–C) groups is 1. The Bertz CT molecular complexity index is 657. The van der Waals surface area contributed by atoms with Crippen LogP contribution in [0.4, 0.5) is 13.2 Å². The second-order valence-corrected chi connectivity index (χ2v) is 7.57. The fraction of sp³-hybridized carbons (Fsp3) is 0.706. The summed E-state index contributed by atoms with van der Waals surface area (Å²) in [6, 6.07) is 0. The van der Waals surface area contributed by atoms with Crippen LogP contribution in [-0.4, -0.2) is 68.2 Å². The fourth-order valence-electron chi connectivity index (χ4n) is 2.49. The molecule has 0 radical (unpaired) electrons. The number of halogens is 3. The molecular formula is C17H26F3N5O2S. The van der Waals surface area contributed by atoms with Gasteiger partial charge in [-0.1, -0.05) is 0 Å². The number of thiazole rings is 1. The Balaban J connectivity index is 1.87. The summed E-state index contributed by atoms with van der Waals surface area (Å²) in [5, 5.41) is 7.59. The largest absolute Gasteiger partial charge is 0.434 e. The number of hydrogen-bond donors (Lipinski definition) is 2. The molecule has 0 aliphatic carbocycles. The van der Waals surface area contributed by atoms with Crippen molar-refractivity contribution in [3.8, 4) is 0 Å². The van der Waals surface area contributed by atoms with Crippen molar-refractivity contribution >= 4 is 23.2 Å². The van der Waals surface area contributed by atoms with Gasteiger partial charge in [0, 0.05) is 45.6 Å². The molecule has 158 valence electrons. The van der Waals surface area contributed by atoms with Crippen molar-refractivity contribution in [1.82, 2.24) is 20.5 Å². The van der Waals surface area contributed by atoms with Crippen LogP contribution in [0.2, 0.25) is 0 Å². The van der Waals surface area contributed by atoms with Crippen LogP contribution < -0.4 is 10.6 Å². The van der Waals surface area contributed by atoms with Gasteiger partial charge in [0.2, 0.25) is 5.91 Å². The molecular weight excluding hydrogens is 395 g/mol. The number of amides is 1. The minimum atomic E-state index is -4.43. The number of rotatable bonds is 7. The summed E-state index contributed by atoms with van der Waals surface area (Å²) < 4.78 is 43.5. The fourth-order valence-corrected chi connectivity index (χ4v) is 3.29. The molecule has 0 saturated carbocycles. The van der Waals surface area contributed by atoms with Crippen LogP contribution in [0, 0.1) is 0 Å². The van der Waals surface area contributed by atoms with E-state index in [0.29, 0.717) is 30.5 Å². The van der Waals surface area contributed by atoms with Gasteiger partial charge in [-0.3, -0.25) is 4.79 Å². The zero-order chi connectivity index (χ0) is 20.6. The topological polar surface area (TPSA) is 78.9 Å². The van der Waals surface area contributed by atoms with Crippen molar-refractivity contribution in [3.05, 3.63) is 16.1 Å². The summed E-state index contributed by atoms with van der Waals surface area (Å²) in [6.07, 6.45) is -0.904. The van der Waals surface area contributed by atoms with E-state index < -0.39 is 11.9 Å². The molecule has 0 spiro atoms. The van der Waals surface area contributed by atoms with Crippen molar-refractivity contribution in [2.24, 2.45) is 4.99 Å². The Labute approximate surface area is 166 Å². The van der Waals surface area contributed by atoms with Gasteiger partial charge in [0.1, 0.15) is 6.54 Å². The maximum Gasteiger partial charge on any atom is 0.434 e. The van der Waals surface area contributed by atoms with E-state index >= 15 is 0 Å². The number of ether oxygens (including phenoxy) is 1. The molecule has 2 rings (SSSR count). The van der Waals surface area contributed by atoms with Gasteiger partial charge >= 0.3 is 6.18 Å². The predicted octanol–water partition coefficient (Wildman–Crippen LogP) is 1.90. The van der Waals surface area contributed by atoms with Crippen molar-refractivity contribution in [2.75, 3.05) is 40.3 Å². The molecule has 1 unspecified atom stereocenters. The minimum absolute atomic E-state index is 0.0245. The van der Waals surface area contributed by atoms with Gasteiger partial charge in [0.25, 0.3) is 0 Å². The third kappa shape index (κ3) is 7.63. The number of nitrogens with zero attached hydrogens (tertiary/aromatic N) is 3. The minimum Gasteiger partial charge on any atom is -0.376 e. The van der Waals surface area contributed by atoms with Gasteiger partial charge in [-0.15, -0.1) is 11.3 Å². The highest BCUT2D eigenvalue weighted by Gasteiger charge is 2.33. The maximum atomic E-state index is 12.6. The van der Waals surface area contributed by atoms with Crippen molar-refractivity contribution in [3.63, 3.8) is 0 Å². The summed E-state index contributed by atoms with van der Waals surface area (Å²) in [7, 11) is 3.30. The van der Waals surface area contributed by atoms with E-state index in [1.54, 1.807) is 14.1 Å². The maximum absolute atomic E-state index is 12.6. The van der Waals surface area contributed by atoms with Crippen molar-refractivity contribution in [2.45, 2.75) is 38.0 Å². The van der Waals surface area contributed by atoms with Gasteiger partial charge in [0.15, 0.2) is 11.7 Å². The van der Waals surface area contributed by atoms with Crippen LogP contribution >= 0.6 is 11.3 Å². The molecule has 0 bridgehead atoms. The van der Waals surface area contributed by atoms with Crippen LogP contribution in [0.3, 0.4) is 0 Å². The number of guanidine groups is 1. The first-order chi connectivity index (χ1) is 13.3. The Kier molecular flexibility index (Phi) is 8.49. The van der Waals surface area contributed by atoms with E-state index in [4.69, 9.17) is 4.74 Å². The molecule has 0 aromatic carbocycles. The zero-order valence-electron chi connectivity index (χ0n) is 16.0. The Morgan fingerprint density at radius 1 is 1.39 bits per heavy atom. The van der Waals surface area contributed by atoms with Crippen LogP contribution in [-0.2, 0) is 22.1 Å². The van der Waals surface area contributed by atoms with E-state index in [9.17, 15) is 18.0 Å². The highest BCUT2D eigenvalue weighted by Crippen LogP contribution is 2.29. The molecule has 11 heteroatoms. The quantitative estimate of drug-likeness (QED) is 0.519. The Morgan fingerprint density at radius 3 is 2.79 bits per heavy atom. The lowest BCUT2D eigenvalue weighted by Gasteiger charge is -2.24. The van der Waals surface area contributed by atoms with Crippen LogP contribution in [0.5, 0.6) is 0 Å². The first-order valence-electron chi connectivity index (χ1n) is 9.11. The third-order valence-corrected chi connectivity index (χ3v) is 5.02. The van der Waals surface area contributed by atoms with E-state index in [1.165, 1.54) is 4.90 Å². The average molecular weight is 421 g/mol. The lowest BCUT2D eigenvalue weighted by molar-refractivity contribution is -0.140. The lowest BCUT2D eigenvalue weighted by Crippen LogP contribution is -2.43. The van der Waals surface area contributed by atoms with Crippen molar-refractivity contribution in [1.29, 1.82) is 0 Å². The first kappa shape index (κ1) is 22.4. The van der Waals surface area contributed by atoms with E-state index in [0.717, 1.165) is 42.6 Å². The smallest absolute Gasteiger partial charge is 0.376 e. The number of nitrogens with one attached hydrogen (secondary N) is 2.